The molecule has 2 unspecified atom stereocenters. The van der Waals surface area contributed by atoms with E-state index >= 15 is 4.39 Å². The number of anilines is 2. The molecule has 10 nitrogen and oxygen atoms in total. The maximum atomic E-state index is 15.6. The summed E-state index contributed by atoms with van der Waals surface area (Å²) >= 11 is 13.0. The number of hydrogen-bond donors (Lipinski definition) is 2. The van der Waals surface area contributed by atoms with Gasteiger partial charge in [0, 0.05) is 22.4 Å². The Morgan fingerprint density at radius 1 is 1.00 bits per heavy atom. The van der Waals surface area contributed by atoms with E-state index in [0.29, 0.717) is 41.5 Å². The van der Waals surface area contributed by atoms with Crippen molar-refractivity contribution in [2.75, 3.05) is 42.8 Å². The average Bonchev–Trinajstić information content (AvgIpc) is 3.25. The quantitative estimate of drug-likeness (QED) is 0.380. The fourth-order valence-corrected chi connectivity index (χ4v) is 7.43. The van der Waals surface area contributed by atoms with Crippen molar-refractivity contribution in [3.63, 3.8) is 0 Å². The van der Waals surface area contributed by atoms with Gasteiger partial charge in [-0.15, -0.1) is 0 Å². The number of halogens is 4. The molecule has 0 saturated carbocycles. The molecule has 2 atom stereocenters. The summed E-state index contributed by atoms with van der Waals surface area (Å²) < 4.78 is 41.7. The first-order valence-corrected chi connectivity index (χ1v) is 15.4. The van der Waals surface area contributed by atoms with Gasteiger partial charge >= 0.3 is 5.97 Å². The first-order chi connectivity index (χ1) is 21.9. The molecule has 0 aromatic heterocycles. The van der Waals surface area contributed by atoms with Gasteiger partial charge in [0.25, 0.3) is 11.8 Å². The number of carboxylic acids is 1. The smallest absolute Gasteiger partial charge is 0.337 e. The van der Waals surface area contributed by atoms with E-state index in [1.54, 1.807) is 24.3 Å². The van der Waals surface area contributed by atoms with Crippen LogP contribution >= 0.6 is 23.2 Å². The topological polar surface area (TPSA) is 126 Å². The predicted molar refractivity (Wildman–Crippen MR) is 166 cm³/mol. The number of nitrogens with zero attached hydrogens (tertiary/aromatic N) is 3. The van der Waals surface area contributed by atoms with E-state index in [0.717, 1.165) is 18.9 Å². The van der Waals surface area contributed by atoms with Crippen LogP contribution in [-0.4, -0.2) is 78.6 Å². The third kappa shape index (κ3) is 4.99. The predicted octanol–water partition coefficient (Wildman–Crippen LogP) is 4.87. The lowest BCUT2D eigenvalue weighted by Crippen LogP contribution is -2.65. The summed E-state index contributed by atoms with van der Waals surface area (Å²) in [4.78, 5) is 42.1. The molecule has 4 heterocycles. The molecule has 240 valence electrons. The number of nitrogens with two attached hydrogens (primary N) is 1. The minimum Gasteiger partial charge on any atom is -0.478 e. The fraction of sp³-hybridized carbons (Fsp3) is 0.344. The molecule has 3 aromatic carbocycles. The second kappa shape index (κ2) is 11.3. The van der Waals surface area contributed by atoms with Crippen LogP contribution < -0.4 is 20.3 Å². The summed E-state index contributed by atoms with van der Waals surface area (Å²) in [5.41, 5.74) is 4.97. The van der Waals surface area contributed by atoms with Gasteiger partial charge in [-0.25, -0.2) is 13.6 Å². The number of morpholine rings is 1. The zero-order chi connectivity index (χ0) is 32.5. The summed E-state index contributed by atoms with van der Waals surface area (Å²) in [5, 5.41) is 10.0. The Kier molecular flexibility index (Phi) is 7.49. The minimum atomic E-state index is -2.14. The molecule has 46 heavy (non-hydrogen) atoms. The molecule has 0 radical (unpaired) electrons. The van der Waals surface area contributed by atoms with Gasteiger partial charge in [-0.1, -0.05) is 41.4 Å². The summed E-state index contributed by atoms with van der Waals surface area (Å²) in [6, 6.07) is 10.7. The number of carbonyl (C=O) groups is 3. The minimum absolute atomic E-state index is 0.00156. The molecule has 4 aliphatic rings. The van der Waals surface area contributed by atoms with Crippen LogP contribution in [0.3, 0.4) is 0 Å². The van der Waals surface area contributed by atoms with E-state index in [1.165, 1.54) is 21.9 Å². The van der Waals surface area contributed by atoms with Crippen molar-refractivity contribution >= 4 is 52.4 Å². The van der Waals surface area contributed by atoms with Crippen LogP contribution in [0.4, 0.5) is 20.2 Å². The van der Waals surface area contributed by atoms with E-state index in [9.17, 15) is 23.9 Å². The summed E-state index contributed by atoms with van der Waals surface area (Å²) in [6.45, 7) is 0.339. The number of fused-ring (bicyclic) bond motifs is 3. The highest BCUT2D eigenvalue weighted by Gasteiger charge is 2.49. The highest BCUT2D eigenvalue weighted by Crippen LogP contribution is 2.44. The largest absolute Gasteiger partial charge is 0.478 e. The van der Waals surface area contributed by atoms with Gasteiger partial charge in [0.1, 0.15) is 11.6 Å². The standard InChI is InChI=1S/C32H28Cl2F2N4O6/c33-23-6-19(39-13-32(36,14-39)31(37)44)7-24(34)27(23)29(41)38-10-16-2-1-3-20(28(16)46-15-38)21-9-26(22(30(42)43)8-25(21)35)40-17-4-5-18(40)12-45-11-17/h1-3,6-9,17-18H,4-5,10-15H2,(H2,37,44)(H,42,43). The number of aromatic carboxylic acids is 1. The van der Waals surface area contributed by atoms with Crippen LogP contribution in [0.5, 0.6) is 5.75 Å². The summed E-state index contributed by atoms with van der Waals surface area (Å²) in [5.74, 6) is -3.12. The van der Waals surface area contributed by atoms with Crippen LogP contribution in [0.1, 0.15) is 39.1 Å². The second-order valence-electron chi connectivity index (χ2n) is 12.0. The van der Waals surface area contributed by atoms with Crippen molar-refractivity contribution in [3.8, 4) is 16.9 Å². The van der Waals surface area contributed by atoms with Crippen LogP contribution in [0.2, 0.25) is 10.0 Å². The SMILES string of the molecule is NC(=O)C1(F)CN(c2cc(Cl)c(C(=O)N3COc4c(cccc4-c4cc(N5C6CCC5COC6)c(C(=O)O)cc4F)C3)c(Cl)c2)C1. The van der Waals surface area contributed by atoms with Gasteiger partial charge in [-0.3, -0.25) is 9.59 Å². The number of primary amides is 1. The van der Waals surface area contributed by atoms with Crippen LogP contribution in [0.25, 0.3) is 11.1 Å². The Balaban J connectivity index is 1.16. The third-order valence-corrected chi connectivity index (χ3v) is 9.76. The molecule has 0 aliphatic carbocycles. The van der Waals surface area contributed by atoms with E-state index < -0.39 is 29.3 Å². The zero-order valence-electron chi connectivity index (χ0n) is 24.3. The molecule has 2 amide bonds. The summed E-state index contributed by atoms with van der Waals surface area (Å²) in [7, 11) is 0. The number of ether oxygens (including phenoxy) is 2. The molecule has 3 saturated heterocycles. The maximum Gasteiger partial charge on any atom is 0.337 e. The Bertz CT molecular complexity index is 1760. The molecular formula is C32H28Cl2F2N4O6. The van der Waals surface area contributed by atoms with Crippen LogP contribution in [0.15, 0.2) is 42.5 Å². The molecule has 7 rings (SSSR count). The Morgan fingerprint density at radius 3 is 2.30 bits per heavy atom. The van der Waals surface area contributed by atoms with Gasteiger partial charge in [0.15, 0.2) is 6.73 Å². The molecule has 3 N–H and O–H groups in total. The first-order valence-electron chi connectivity index (χ1n) is 14.6. The number of carbonyl (C=O) groups excluding carboxylic acids is 2. The molecular weight excluding hydrogens is 645 g/mol. The molecule has 0 spiro atoms. The lowest BCUT2D eigenvalue weighted by atomic mass is 9.94. The average molecular weight is 674 g/mol. The Labute approximate surface area is 272 Å². The fourth-order valence-electron chi connectivity index (χ4n) is 6.79. The molecule has 3 aromatic rings. The normalized spacial score (nSPS) is 21.3. The van der Waals surface area contributed by atoms with Gasteiger partial charge in [-0.2, -0.15) is 0 Å². The van der Waals surface area contributed by atoms with Crippen molar-refractivity contribution in [3.05, 3.63) is 75.0 Å². The number of para-hydroxylation sites is 1. The van der Waals surface area contributed by atoms with Crippen molar-refractivity contribution in [2.24, 2.45) is 5.73 Å². The first kappa shape index (κ1) is 30.5. The highest BCUT2D eigenvalue weighted by atomic mass is 35.5. The lowest BCUT2D eigenvalue weighted by Gasteiger charge is -2.43. The number of carboxylic acid groups (broad SMARTS) is 1. The monoisotopic (exact) mass is 672 g/mol. The van der Waals surface area contributed by atoms with Crippen LogP contribution in [0, 0.1) is 5.82 Å². The van der Waals surface area contributed by atoms with E-state index in [2.05, 4.69) is 0 Å². The number of hydrogen-bond acceptors (Lipinski definition) is 7. The van der Waals surface area contributed by atoms with Crippen molar-refractivity contribution < 1.29 is 37.7 Å². The van der Waals surface area contributed by atoms with Crippen molar-refractivity contribution in [2.45, 2.75) is 37.1 Å². The molecule has 2 bridgehead atoms. The number of rotatable bonds is 6. The van der Waals surface area contributed by atoms with Gasteiger partial charge < -0.3 is 35.0 Å². The number of benzene rings is 3. The summed E-state index contributed by atoms with van der Waals surface area (Å²) in [6.07, 6.45) is 1.71. The number of amides is 2. The molecule has 3 fully saturated rings. The highest BCUT2D eigenvalue weighted by molar-refractivity contribution is 6.40. The zero-order valence-corrected chi connectivity index (χ0v) is 25.8. The second-order valence-corrected chi connectivity index (χ2v) is 12.8. The van der Waals surface area contributed by atoms with E-state index in [1.807, 2.05) is 4.90 Å². The third-order valence-electron chi connectivity index (χ3n) is 9.16. The Morgan fingerprint density at radius 2 is 1.67 bits per heavy atom. The van der Waals surface area contributed by atoms with Crippen molar-refractivity contribution in [1.82, 2.24) is 4.90 Å². The van der Waals surface area contributed by atoms with Crippen molar-refractivity contribution in [1.29, 1.82) is 0 Å². The van der Waals surface area contributed by atoms with E-state index in [-0.39, 0.29) is 65.2 Å². The lowest BCUT2D eigenvalue weighted by molar-refractivity contribution is -0.131. The maximum absolute atomic E-state index is 15.6. The number of alkyl halides is 1. The van der Waals surface area contributed by atoms with Gasteiger partial charge in [-0.05, 0) is 37.1 Å². The Hall–Kier alpha value is -4.13. The van der Waals surface area contributed by atoms with Gasteiger partial charge in [0.05, 0.1) is 71.8 Å². The van der Waals surface area contributed by atoms with E-state index in [4.69, 9.17) is 38.4 Å². The van der Waals surface area contributed by atoms with Gasteiger partial charge in [0.2, 0.25) is 5.67 Å². The van der Waals surface area contributed by atoms with Crippen LogP contribution in [-0.2, 0) is 16.1 Å². The molecule has 4 aliphatic heterocycles. The molecule has 14 heteroatoms.